The van der Waals surface area contributed by atoms with Gasteiger partial charge in [-0.15, -0.1) is 11.3 Å². The highest BCUT2D eigenvalue weighted by atomic mass is 32.1. The Morgan fingerprint density at radius 3 is 2.49 bits per heavy atom. The minimum Gasteiger partial charge on any atom is -0.497 e. The third-order valence-electron chi connectivity index (χ3n) is 7.94. The second-order valence-corrected chi connectivity index (χ2v) is 11.8. The molecule has 224 valence electrons. The molecule has 6 rings (SSSR count). The highest BCUT2D eigenvalue weighted by Crippen LogP contribution is 2.34. The largest absolute Gasteiger partial charge is 0.497 e. The van der Waals surface area contributed by atoms with Crippen molar-refractivity contribution in [1.82, 2.24) is 19.7 Å². The molecule has 2 aliphatic heterocycles. The average molecular weight is 599 g/mol. The SMILES string of the molecule is C=C(c1csc(CN(Cc2ccc3c(c2)OCO3)Cc2ccc(OC)cc2OC)n1)N1CCN(Cc2ccccc2)CC1. The van der Waals surface area contributed by atoms with Crippen LogP contribution in [0, 0.1) is 0 Å². The maximum Gasteiger partial charge on any atom is 0.231 e. The molecule has 0 N–H and O–H groups in total. The van der Waals surface area contributed by atoms with Crippen LogP contribution in [0.15, 0.2) is 78.7 Å². The fraction of sp³-hybridized carbons (Fsp3) is 0.324. The number of methoxy groups -OCH3 is 2. The second kappa shape index (κ2) is 13.5. The molecule has 4 aromatic rings. The van der Waals surface area contributed by atoms with E-state index in [0.29, 0.717) is 19.6 Å². The molecule has 0 radical (unpaired) electrons. The van der Waals surface area contributed by atoms with Gasteiger partial charge in [-0.05, 0) is 29.3 Å². The molecule has 1 fully saturated rings. The predicted octanol–water partition coefficient (Wildman–Crippen LogP) is 5.88. The van der Waals surface area contributed by atoms with E-state index in [2.05, 4.69) is 75.2 Å². The number of nitrogens with zero attached hydrogens (tertiary/aromatic N) is 4. The van der Waals surface area contributed by atoms with Crippen molar-refractivity contribution in [3.05, 3.63) is 106 Å². The third kappa shape index (κ3) is 7.13. The number of ether oxygens (including phenoxy) is 4. The van der Waals surface area contributed by atoms with Crippen molar-refractivity contribution in [3.63, 3.8) is 0 Å². The molecule has 9 heteroatoms. The van der Waals surface area contributed by atoms with Crippen LogP contribution in [-0.4, -0.2) is 66.9 Å². The van der Waals surface area contributed by atoms with E-state index < -0.39 is 0 Å². The van der Waals surface area contributed by atoms with Gasteiger partial charge in [-0.25, -0.2) is 4.98 Å². The molecular formula is C34H38N4O4S. The smallest absolute Gasteiger partial charge is 0.231 e. The van der Waals surface area contributed by atoms with E-state index in [0.717, 1.165) is 83.2 Å². The van der Waals surface area contributed by atoms with E-state index in [4.69, 9.17) is 23.9 Å². The number of thiazole rings is 1. The van der Waals surface area contributed by atoms with E-state index in [1.807, 2.05) is 18.2 Å². The molecule has 1 aromatic heterocycles. The van der Waals surface area contributed by atoms with E-state index in [1.165, 1.54) is 5.56 Å². The number of rotatable bonds is 12. The van der Waals surface area contributed by atoms with Crippen LogP contribution in [0.3, 0.4) is 0 Å². The summed E-state index contributed by atoms with van der Waals surface area (Å²) in [5.41, 5.74) is 5.55. The standard InChI is InChI=1S/C34H38N4O4S/c1-25(38-15-13-36(14-16-38)19-26-7-5-4-6-8-26)30-23-43-34(35-30)22-37(20-27-9-12-31-33(17-27)42-24-41-31)21-28-10-11-29(39-2)18-32(28)40-3/h4-12,17-18,23H,1,13-16,19-22,24H2,2-3H3. The average Bonchev–Trinajstić information content (AvgIpc) is 3.71. The Hall–Kier alpha value is -4.05. The minimum absolute atomic E-state index is 0.263. The second-order valence-electron chi connectivity index (χ2n) is 10.8. The lowest BCUT2D eigenvalue weighted by atomic mass is 10.1. The number of hydrogen-bond donors (Lipinski definition) is 0. The Morgan fingerprint density at radius 2 is 1.70 bits per heavy atom. The number of piperazine rings is 1. The minimum atomic E-state index is 0.263. The van der Waals surface area contributed by atoms with Crippen molar-refractivity contribution in [2.75, 3.05) is 47.2 Å². The van der Waals surface area contributed by atoms with Crippen LogP contribution >= 0.6 is 11.3 Å². The van der Waals surface area contributed by atoms with Gasteiger partial charge < -0.3 is 23.8 Å². The highest BCUT2D eigenvalue weighted by molar-refractivity contribution is 7.09. The van der Waals surface area contributed by atoms with Crippen molar-refractivity contribution in [2.45, 2.75) is 26.2 Å². The summed E-state index contributed by atoms with van der Waals surface area (Å²) >= 11 is 1.68. The molecule has 0 spiro atoms. The fourth-order valence-electron chi connectivity index (χ4n) is 5.58. The molecule has 2 aliphatic rings. The lowest BCUT2D eigenvalue weighted by Gasteiger charge is -2.36. The first-order valence-corrected chi connectivity index (χ1v) is 15.4. The van der Waals surface area contributed by atoms with Crippen LogP contribution in [0.1, 0.15) is 27.4 Å². The maximum atomic E-state index is 5.72. The van der Waals surface area contributed by atoms with Gasteiger partial charge in [0.15, 0.2) is 11.5 Å². The summed E-state index contributed by atoms with van der Waals surface area (Å²) in [6, 6.07) is 22.8. The summed E-state index contributed by atoms with van der Waals surface area (Å²) in [5.74, 6) is 3.15. The molecule has 0 saturated carbocycles. The zero-order valence-electron chi connectivity index (χ0n) is 24.8. The first-order chi connectivity index (χ1) is 21.1. The van der Waals surface area contributed by atoms with E-state index in [9.17, 15) is 0 Å². The van der Waals surface area contributed by atoms with Gasteiger partial charge in [0.2, 0.25) is 6.79 Å². The van der Waals surface area contributed by atoms with Gasteiger partial charge in [-0.3, -0.25) is 9.80 Å². The van der Waals surface area contributed by atoms with Crippen LogP contribution < -0.4 is 18.9 Å². The predicted molar refractivity (Wildman–Crippen MR) is 170 cm³/mol. The molecule has 0 aliphatic carbocycles. The molecule has 8 nitrogen and oxygen atoms in total. The van der Waals surface area contributed by atoms with Gasteiger partial charge in [0, 0.05) is 62.8 Å². The summed E-state index contributed by atoms with van der Waals surface area (Å²) < 4.78 is 22.3. The molecular weight excluding hydrogens is 560 g/mol. The summed E-state index contributed by atoms with van der Waals surface area (Å²) in [6.45, 7) is 11.7. The number of fused-ring (bicyclic) bond motifs is 1. The van der Waals surface area contributed by atoms with Crippen LogP contribution in [0.25, 0.3) is 5.70 Å². The van der Waals surface area contributed by atoms with E-state index in [1.54, 1.807) is 25.6 Å². The van der Waals surface area contributed by atoms with Crippen LogP contribution in [-0.2, 0) is 26.2 Å². The van der Waals surface area contributed by atoms with Crippen molar-refractivity contribution < 1.29 is 18.9 Å². The Kier molecular flexibility index (Phi) is 9.12. The Bertz CT molecular complexity index is 1530. The van der Waals surface area contributed by atoms with Crippen LogP contribution in [0.2, 0.25) is 0 Å². The topological polar surface area (TPSA) is 59.5 Å². The van der Waals surface area contributed by atoms with E-state index in [-0.39, 0.29) is 6.79 Å². The molecule has 0 atom stereocenters. The lowest BCUT2D eigenvalue weighted by molar-refractivity contribution is 0.169. The molecule has 3 aromatic carbocycles. The molecule has 1 saturated heterocycles. The Balaban J connectivity index is 1.13. The molecule has 3 heterocycles. The lowest BCUT2D eigenvalue weighted by Crippen LogP contribution is -2.44. The zero-order chi connectivity index (χ0) is 29.6. The van der Waals surface area contributed by atoms with Crippen LogP contribution in [0.4, 0.5) is 0 Å². The quantitative estimate of drug-likeness (QED) is 0.201. The zero-order valence-corrected chi connectivity index (χ0v) is 25.6. The molecule has 43 heavy (non-hydrogen) atoms. The van der Waals surface area contributed by atoms with Crippen molar-refractivity contribution in [1.29, 1.82) is 0 Å². The summed E-state index contributed by atoms with van der Waals surface area (Å²) in [5, 5.41) is 3.19. The van der Waals surface area contributed by atoms with Gasteiger partial charge in [-0.1, -0.05) is 49.0 Å². The molecule has 0 unspecified atom stereocenters. The fourth-order valence-corrected chi connectivity index (χ4v) is 6.42. The molecule has 0 bridgehead atoms. The van der Waals surface area contributed by atoms with E-state index >= 15 is 0 Å². The van der Waals surface area contributed by atoms with Crippen LogP contribution in [0.5, 0.6) is 23.0 Å². The van der Waals surface area contributed by atoms with Gasteiger partial charge in [0.05, 0.1) is 32.2 Å². The summed E-state index contributed by atoms with van der Waals surface area (Å²) in [6.07, 6.45) is 0. The Labute approximate surface area is 257 Å². The Morgan fingerprint density at radius 1 is 0.884 bits per heavy atom. The summed E-state index contributed by atoms with van der Waals surface area (Å²) in [7, 11) is 3.36. The van der Waals surface area contributed by atoms with Crippen molar-refractivity contribution in [2.24, 2.45) is 0 Å². The monoisotopic (exact) mass is 598 g/mol. The van der Waals surface area contributed by atoms with Gasteiger partial charge in [0.1, 0.15) is 16.5 Å². The number of hydrogen-bond acceptors (Lipinski definition) is 9. The van der Waals surface area contributed by atoms with Crippen molar-refractivity contribution >= 4 is 17.0 Å². The maximum absolute atomic E-state index is 5.72. The summed E-state index contributed by atoms with van der Waals surface area (Å²) in [4.78, 5) is 12.3. The number of aromatic nitrogens is 1. The first kappa shape index (κ1) is 29.0. The normalized spacial score (nSPS) is 14.7. The van der Waals surface area contributed by atoms with Gasteiger partial charge in [0.25, 0.3) is 0 Å². The first-order valence-electron chi connectivity index (χ1n) is 14.5. The molecule has 0 amide bonds. The third-order valence-corrected chi connectivity index (χ3v) is 8.77. The van der Waals surface area contributed by atoms with Gasteiger partial charge in [-0.2, -0.15) is 0 Å². The highest BCUT2D eigenvalue weighted by Gasteiger charge is 2.22. The number of benzene rings is 3. The van der Waals surface area contributed by atoms with Gasteiger partial charge >= 0.3 is 0 Å². The van der Waals surface area contributed by atoms with Crippen molar-refractivity contribution in [3.8, 4) is 23.0 Å².